The van der Waals surface area contributed by atoms with Gasteiger partial charge in [-0.05, 0) is 43.7 Å². The second kappa shape index (κ2) is 7.88. The fraction of sp³-hybridized carbons (Fsp3) is 0.375. The van der Waals surface area contributed by atoms with Crippen molar-refractivity contribution in [2.75, 3.05) is 13.3 Å². The Hall–Kier alpha value is -2.78. The highest BCUT2D eigenvalue weighted by Gasteiger charge is 2.59. The molecule has 2 N–H and O–H groups in total. The minimum atomic E-state index is -3.86. The van der Waals surface area contributed by atoms with Crippen LogP contribution in [-0.2, 0) is 21.8 Å². The fourth-order valence-electron chi connectivity index (χ4n) is 4.84. The number of rotatable bonds is 3. The second-order valence-electron chi connectivity index (χ2n) is 9.23. The van der Waals surface area contributed by atoms with Crippen LogP contribution in [0.3, 0.4) is 0 Å². The lowest BCUT2D eigenvalue weighted by atomic mass is 9.84. The van der Waals surface area contributed by atoms with E-state index in [1.165, 1.54) is 13.8 Å². The van der Waals surface area contributed by atoms with E-state index in [0.717, 1.165) is 16.6 Å². The summed E-state index contributed by atoms with van der Waals surface area (Å²) >= 11 is 6.07. The van der Waals surface area contributed by atoms with Crippen molar-refractivity contribution in [2.24, 2.45) is 10.7 Å². The Kier molecular flexibility index (Phi) is 5.33. The third kappa shape index (κ3) is 3.28. The van der Waals surface area contributed by atoms with Gasteiger partial charge in [0.15, 0.2) is 9.84 Å². The number of nitrogens with zero attached hydrogens (tertiary/aromatic N) is 3. The SMILES string of the molecule is CC1(C)C(N)=N[C@]2(CF)c3cc(Cc4nccc5cc(Cl)cnc45)ccc3OCC[C@H]2S1(=O)=O. The van der Waals surface area contributed by atoms with Gasteiger partial charge >= 0.3 is 0 Å². The van der Waals surface area contributed by atoms with Gasteiger partial charge in [-0.15, -0.1) is 0 Å². The van der Waals surface area contributed by atoms with Gasteiger partial charge in [-0.1, -0.05) is 17.7 Å². The maximum absolute atomic E-state index is 14.9. The average Bonchev–Trinajstić information content (AvgIpc) is 2.96. The Bertz CT molecular complexity index is 1440. The van der Waals surface area contributed by atoms with E-state index >= 15 is 0 Å². The summed E-state index contributed by atoms with van der Waals surface area (Å²) in [5.74, 6) is 0.308. The van der Waals surface area contributed by atoms with Crippen molar-refractivity contribution in [3.8, 4) is 5.75 Å². The Morgan fingerprint density at radius 1 is 1.24 bits per heavy atom. The van der Waals surface area contributed by atoms with Crippen LogP contribution in [0.5, 0.6) is 5.75 Å². The molecule has 4 heterocycles. The predicted molar refractivity (Wildman–Crippen MR) is 130 cm³/mol. The largest absolute Gasteiger partial charge is 0.493 e. The van der Waals surface area contributed by atoms with Crippen molar-refractivity contribution < 1.29 is 17.5 Å². The van der Waals surface area contributed by atoms with Gasteiger partial charge in [0.25, 0.3) is 0 Å². The molecule has 10 heteroatoms. The van der Waals surface area contributed by atoms with Crippen LogP contribution in [-0.4, -0.2) is 47.5 Å². The van der Waals surface area contributed by atoms with E-state index in [1.807, 2.05) is 18.2 Å². The highest BCUT2D eigenvalue weighted by atomic mass is 35.5. The number of alkyl halides is 1. The first-order valence-corrected chi connectivity index (χ1v) is 12.8. The van der Waals surface area contributed by atoms with Gasteiger partial charge in [0, 0.05) is 36.2 Å². The standard InChI is InChI=1S/C24H24ClFN4O3S/c1-23(2)22(27)30-24(13-26)17-9-14(3-4-19(17)33-8-6-20(24)34(23,31)32)10-18-21-15(5-7-28-18)11-16(25)12-29-21/h3-5,7,9,11-12,20H,6,8,10,13H2,1-2H3,(H2,27,30)/t20-,24-/m1/s1. The number of nitrogens with two attached hydrogens (primary N) is 1. The Balaban J connectivity index is 1.66. The summed E-state index contributed by atoms with van der Waals surface area (Å²) in [5, 5.41) is 0.289. The summed E-state index contributed by atoms with van der Waals surface area (Å²) in [6, 6.07) is 8.99. The van der Waals surface area contributed by atoms with E-state index < -0.39 is 32.0 Å². The van der Waals surface area contributed by atoms with E-state index in [1.54, 1.807) is 24.5 Å². The lowest BCUT2D eigenvalue weighted by molar-refractivity contribution is 0.279. The zero-order chi connectivity index (χ0) is 24.3. The quantitative estimate of drug-likeness (QED) is 0.584. The molecule has 0 amide bonds. The van der Waals surface area contributed by atoms with Crippen molar-refractivity contribution in [3.63, 3.8) is 0 Å². The molecule has 0 spiro atoms. The lowest BCUT2D eigenvalue weighted by Gasteiger charge is -2.43. The van der Waals surface area contributed by atoms with E-state index in [4.69, 9.17) is 22.1 Å². The topological polar surface area (TPSA) is 108 Å². The monoisotopic (exact) mass is 502 g/mol. The molecular formula is C24H24ClFN4O3S. The summed E-state index contributed by atoms with van der Waals surface area (Å²) in [4.78, 5) is 13.4. The van der Waals surface area contributed by atoms with Gasteiger partial charge in [-0.25, -0.2) is 12.8 Å². The third-order valence-corrected chi connectivity index (χ3v) is 10.1. The van der Waals surface area contributed by atoms with Gasteiger partial charge < -0.3 is 10.5 Å². The molecule has 178 valence electrons. The summed E-state index contributed by atoms with van der Waals surface area (Å²) in [5.41, 5.74) is 7.07. The van der Waals surface area contributed by atoms with Crippen molar-refractivity contribution >= 4 is 38.2 Å². The number of amidine groups is 1. The Morgan fingerprint density at radius 3 is 2.79 bits per heavy atom. The Labute approximate surface area is 202 Å². The number of hydrogen-bond donors (Lipinski definition) is 1. The van der Waals surface area contributed by atoms with Crippen LogP contribution in [0.2, 0.25) is 5.02 Å². The van der Waals surface area contributed by atoms with Crippen LogP contribution >= 0.6 is 11.6 Å². The minimum Gasteiger partial charge on any atom is -0.493 e. The van der Waals surface area contributed by atoms with Gasteiger partial charge in [0.2, 0.25) is 0 Å². The number of sulfone groups is 1. The highest BCUT2D eigenvalue weighted by molar-refractivity contribution is 7.94. The van der Waals surface area contributed by atoms with Crippen molar-refractivity contribution in [1.82, 2.24) is 9.97 Å². The average molecular weight is 503 g/mol. The maximum atomic E-state index is 14.9. The molecule has 34 heavy (non-hydrogen) atoms. The molecule has 0 unspecified atom stereocenters. The molecule has 0 fully saturated rings. The first-order valence-electron chi connectivity index (χ1n) is 10.9. The minimum absolute atomic E-state index is 0.101. The molecule has 0 saturated carbocycles. The second-order valence-corrected chi connectivity index (χ2v) is 12.3. The van der Waals surface area contributed by atoms with Crippen molar-refractivity contribution in [3.05, 3.63) is 64.6 Å². The molecule has 3 aromatic rings. The molecule has 1 aromatic carbocycles. The van der Waals surface area contributed by atoms with E-state index in [2.05, 4.69) is 15.0 Å². The number of hydrogen-bond acceptors (Lipinski definition) is 7. The van der Waals surface area contributed by atoms with Crippen LogP contribution in [0.4, 0.5) is 4.39 Å². The first-order chi connectivity index (χ1) is 16.1. The molecule has 0 aliphatic carbocycles. The summed E-state index contributed by atoms with van der Waals surface area (Å²) in [7, 11) is -3.86. The maximum Gasteiger partial charge on any atom is 0.168 e. The van der Waals surface area contributed by atoms with Gasteiger partial charge in [0.1, 0.15) is 28.5 Å². The molecular weight excluding hydrogens is 479 g/mol. The third-order valence-electron chi connectivity index (χ3n) is 6.92. The number of pyridine rings is 2. The van der Waals surface area contributed by atoms with Crippen LogP contribution in [0.25, 0.3) is 10.9 Å². The number of fused-ring (bicyclic) bond motifs is 4. The van der Waals surface area contributed by atoms with Crippen LogP contribution < -0.4 is 10.5 Å². The molecule has 0 saturated heterocycles. The van der Waals surface area contributed by atoms with Crippen molar-refractivity contribution in [2.45, 2.75) is 42.2 Å². The molecule has 2 atom stereocenters. The molecule has 5 rings (SSSR count). The Morgan fingerprint density at radius 2 is 2.03 bits per heavy atom. The normalized spacial score (nSPS) is 24.9. The zero-order valence-corrected chi connectivity index (χ0v) is 20.3. The van der Waals surface area contributed by atoms with Gasteiger partial charge in [-0.2, -0.15) is 0 Å². The fourth-order valence-corrected chi connectivity index (χ4v) is 7.21. The molecule has 2 aliphatic heterocycles. The summed E-state index contributed by atoms with van der Waals surface area (Å²) in [6.07, 6.45) is 3.76. The molecule has 0 radical (unpaired) electrons. The zero-order valence-electron chi connectivity index (χ0n) is 18.8. The van der Waals surface area contributed by atoms with Crippen LogP contribution in [0.1, 0.15) is 37.1 Å². The van der Waals surface area contributed by atoms with E-state index in [9.17, 15) is 12.8 Å². The van der Waals surface area contributed by atoms with Crippen LogP contribution in [0, 0.1) is 0 Å². The highest BCUT2D eigenvalue weighted by Crippen LogP contribution is 2.48. The number of aromatic nitrogens is 2. The molecule has 2 aromatic heterocycles. The molecule has 2 aliphatic rings. The van der Waals surface area contributed by atoms with E-state index in [-0.39, 0.29) is 18.9 Å². The number of aliphatic imine (C=N–C) groups is 1. The predicted octanol–water partition coefficient (Wildman–Crippen LogP) is 3.75. The number of halogens is 2. The smallest absolute Gasteiger partial charge is 0.168 e. The lowest BCUT2D eigenvalue weighted by Crippen LogP contribution is -2.61. The van der Waals surface area contributed by atoms with Crippen LogP contribution in [0.15, 0.2) is 47.7 Å². The van der Waals surface area contributed by atoms with Gasteiger partial charge in [-0.3, -0.25) is 15.0 Å². The van der Waals surface area contributed by atoms with E-state index in [0.29, 0.717) is 28.3 Å². The number of ether oxygens (including phenoxy) is 1. The summed E-state index contributed by atoms with van der Waals surface area (Å²) in [6.45, 7) is 2.15. The number of benzene rings is 1. The van der Waals surface area contributed by atoms with Crippen molar-refractivity contribution in [1.29, 1.82) is 0 Å². The first kappa shape index (κ1) is 23.0. The van der Waals surface area contributed by atoms with Gasteiger partial charge in [0.05, 0.1) is 28.1 Å². The molecule has 7 nitrogen and oxygen atoms in total. The summed E-state index contributed by atoms with van der Waals surface area (Å²) < 4.78 is 46.5. The molecule has 0 bridgehead atoms.